The molecule has 1 amide bonds. The molecule has 0 heterocycles. The van der Waals surface area contributed by atoms with Crippen molar-refractivity contribution >= 4 is 23.4 Å². The van der Waals surface area contributed by atoms with Gasteiger partial charge in [0.1, 0.15) is 0 Å². The number of carbonyl (C=O) groups is 1. The second-order valence-corrected chi connectivity index (χ2v) is 6.93. The van der Waals surface area contributed by atoms with Crippen LogP contribution in [0.5, 0.6) is 0 Å². The second-order valence-electron chi connectivity index (χ2n) is 5.52. The lowest BCUT2D eigenvalue weighted by molar-refractivity contribution is -0.121. The average Bonchev–Trinajstić information content (AvgIpc) is 2.21. The van der Waals surface area contributed by atoms with Gasteiger partial charge in [0.05, 0.1) is 5.25 Å². The van der Waals surface area contributed by atoms with Crippen molar-refractivity contribution in [3.05, 3.63) is 23.8 Å². The van der Waals surface area contributed by atoms with Gasteiger partial charge in [-0.2, -0.15) is 0 Å². The lowest BCUT2D eigenvalue weighted by atomic mass is 10.1. The molecule has 0 saturated heterocycles. The van der Waals surface area contributed by atoms with Crippen LogP contribution in [0.3, 0.4) is 0 Å². The Morgan fingerprint density at radius 1 is 1.39 bits per heavy atom. The maximum atomic E-state index is 12.0. The van der Waals surface area contributed by atoms with Gasteiger partial charge in [0, 0.05) is 16.1 Å². The number of nitrogens with one attached hydrogen (secondary N) is 1. The summed E-state index contributed by atoms with van der Waals surface area (Å²) in [5.41, 5.74) is 7.41. The minimum atomic E-state index is -0.192. The van der Waals surface area contributed by atoms with Gasteiger partial charge < -0.3 is 11.1 Å². The minimum Gasteiger partial charge on any atom is -0.399 e. The Morgan fingerprint density at radius 3 is 2.50 bits per heavy atom. The van der Waals surface area contributed by atoms with Gasteiger partial charge in [-0.25, -0.2) is 0 Å². The number of rotatable bonds is 3. The normalized spacial score (nSPS) is 13.2. The largest absolute Gasteiger partial charge is 0.399 e. The molecule has 1 rings (SSSR count). The number of benzene rings is 1. The number of nitrogens with two attached hydrogens (primary N) is 1. The maximum Gasteiger partial charge on any atom is 0.233 e. The molecule has 0 bridgehead atoms. The fraction of sp³-hybridized carbons (Fsp3) is 0.500. The summed E-state index contributed by atoms with van der Waals surface area (Å²) in [5.74, 6) is 0.0574. The molecule has 3 nitrogen and oxygen atoms in total. The third kappa shape index (κ3) is 4.61. The van der Waals surface area contributed by atoms with Crippen molar-refractivity contribution in [1.82, 2.24) is 5.32 Å². The molecule has 1 unspecified atom stereocenters. The summed E-state index contributed by atoms with van der Waals surface area (Å²) in [6, 6.07) is 5.85. The van der Waals surface area contributed by atoms with E-state index in [-0.39, 0.29) is 16.7 Å². The first kappa shape index (κ1) is 14.9. The van der Waals surface area contributed by atoms with Crippen LogP contribution < -0.4 is 11.1 Å². The monoisotopic (exact) mass is 266 g/mol. The highest BCUT2D eigenvalue weighted by atomic mass is 32.2. The first-order chi connectivity index (χ1) is 8.19. The summed E-state index contributed by atoms with van der Waals surface area (Å²) in [5, 5.41) is 2.86. The van der Waals surface area contributed by atoms with E-state index in [0.29, 0.717) is 0 Å². The number of aryl methyl sites for hydroxylation is 1. The van der Waals surface area contributed by atoms with Gasteiger partial charge in [0.15, 0.2) is 0 Å². The van der Waals surface area contributed by atoms with Gasteiger partial charge in [-0.05, 0) is 58.4 Å². The zero-order valence-electron chi connectivity index (χ0n) is 11.7. The molecule has 0 aliphatic carbocycles. The molecular weight excluding hydrogens is 244 g/mol. The van der Waals surface area contributed by atoms with Crippen molar-refractivity contribution in [3.63, 3.8) is 0 Å². The third-order valence-corrected chi connectivity index (χ3v) is 3.52. The van der Waals surface area contributed by atoms with Gasteiger partial charge in [-0.1, -0.05) is 0 Å². The highest BCUT2D eigenvalue weighted by Gasteiger charge is 2.20. The molecule has 0 aromatic heterocycles. The number of anilines is 1. The molecule has 100 valence electrons. The van der Waals surface area contributed by atoms with E-state index in [1.54, 1.807) is 11.8 Å². The van der Waals surface area contributed by atoms with Crippen molar-refractivity contribution in [2.45, 2.75) is 50.3 Å². The minimum absolute atomic E-state index is 0.0574. The standard InChI is InChI=1S/C14H22N2OS/c1-9-8-11(6-7-12(9)15)18-10(2)13(17)16-14(3,4)5/h6-8,10H,15H2,1-5H3,(H,16,17). The quantitative estimate of drug-likeness (QED) is 0.653. The summed E-state index contributed by atoms with van der Waals surface area (Å²) in [7, 11) is 0. The number of amides is 1. The van der Waals surface area contributed by atoms with Crippen molar-refractivity contribution in [2.24, 2.45) is 0 Å². The Labute approximate surface area is 114 Å². The molecule has 0 aliphatic heterocycles. The number of thioether (sulfide) groups is 1. The maximum absolute atomic E-state index is 12.0. The van der Waals surface area contributed by atoms with E-state index in [9.17, 15) is 4.79 Å². The molecule has 0 radical (unpaired) electrons. The molecule has 1 aromatic carbocycles. The predicted molar refractivity (Wildman–Crippen MR) is 78.8 cm³/mol. The zero-order valence-corrected chi connectivity index (χ0v) is 12.5. The summed E-state index contributed by atoms with van der Waals surface area (Å²) in [4.78, 5) is 13.0. The van der Waals surface area contributed by atoms with Crippen molar-refractivity contribution < 1.29 is 4.79 Å². The molecular formula is C14H22N2OS. The van der Waals surface area contributed by atoms with Crippen LogP contribution in [0.15, 0.2) is 23.1 Å². The Hall–Kier alpha value is -1.16. The van der Waals surface area contributed by atoms with Crippen molar-refractivity contribution in [3.8, 4) is 0 Å². The van der Waals surface area contributed by atoms with Crippen LogP contribution in [0.4, 0.5) is 5.69 Å². The van der Waals surface area contributed by atoms with Gasteiger partial charge in [0.25, 0.3) is 0 Å². The highest BCUT2D eigenvalue weighted by Crippen LogP contribution is 2.26. The number of nitrogen functional groups attached to an aromatic ring is 1. The predicted octanol–water partition coefficient (Wildman–Crippen LogP) is 2.97. The molecule has 0 aliphatic rings. The lowest BCUT2D eigenvalue weighted by Crippen LogP contribution is -2.44. The van der Waals surface area contributed by atoms with Gasteiger partial charge in [-0.15, -0.1) is 11.8 Å². The molecule has 0 spiro atoms. The Balaban J connectivity index is 2.66. The fourth-order valence-electron chi connectivity index (χ4n) is 1.45. The number of carbonyl (C=O) groups excluding carboxylic acids is 1. The lowest BCUT2D eigenvalue weighted by Gasteiger charge is -2.23. The second kappa shape index (κ2) is 5.65. The number of hydrogen-bond acceptors (Lipinski definition) is 3. The molecule has 18 heavy (non-hydrogen) atoms. The summed E-state index contributed by atoms with van der Waals surface area (Å²) < 4.78 is 0. The Morgan fingerprint density at radius 2 is 2.00 bits per heavy atom. The van der Waals surface area contributed by atoms with Gasteiger partial charge in [0.2, 0.25) is 5.91 Å². The SMILES string of the molecule is Cc1cc(SC(C)C(=O)NC(C)(C)C)ccc1N. The van der Waals surface area contributed by atoms with E-state index >= 15 is 0 Å². The first-order valence-electron chi connectivity index (χ1n) is 6.04. The van der Waals surface area contributed by atoms with Crippen molar-refractivity contribution in [2.75, 3.05) is 5.73 Å². The van der Waals surface area contributed by atoms with E-state index in [4.69, 9.17) is 5.73 Å². The Kier molecular flexibility index (Phi) is 4.68. The van der Waals surface area contributed by atoms with Crippen LogP contribution >= 0.6 is 11.8 Å². The van der Waals surface area contributed by atoms with E-state index in [1.807, 2.05) is 52.8 Å². The summed E-state index contributed by atoms with van der Waals surface area (Å²) in [6.07, 6.45) is 0. The molecule has 1 atom stereocenters. The van der Waals surface area contributed by atoms with Crippen LogP contribution in [-0.2, 0) is 4.79 Å². The zero-order chi connectivity index (χ0) is 13.9. The van der Waals surface area contributed by atoms with Crippen LogP contribution in [0, 0.1) is 6.92 Å². The number of hydrogen-bond donors (Lipinski definition) is 2. The topological polar surface area (TPSA) is 55.1 Å². The molecule has 3 N–H and O–H groups in total. The highest BCUT2D eigenvalue weighted by molar-refractivity contribution is 8.00. The van der Waals surface area contributed by atoms with Gasteiger partial charge >= 0.3 is 0 Å². The van der Waals surface area contributed by atoms with Crippen LogP contribution in [0.25, 0.3) is 0 Å². The van der Waals surface area contributed by atoms with E-state index < -0.39 is 0 Å². The summed E-state index contributed by atoms with van der Waals surface area (Å²) >= 11 is 1.55. The Bertz CT molecular complexity index is 438. The molecule has 0 saturated carbocycles. The molecule has 4 heteroatoms. The first-order valence-corrected chi connectivity index (χ1v) is 6.92. The van der Waals surface area contributed by atoms with E-state index in [2.05, 4.69) is 5.32 Å². The van der Waals surface area contributed by atoms with E-state index in [1.165, 1.54) is 0 Å². The van der Waals surface area contributed by atoms with Crippen LogP contribution in [-0.4, -0.2) is 16.7 Å². The van der Waals surface area contributed by atoms with Crippen LogP contribution in [0.1, 0.15) is 33.3 Å². The smallest absolute Gasteiger partial charge is 0.233 e. The van der Waals surface area contributed by atoms with Crippen molar-refractivity contribution in [1.29, 1.82) is 0 Å². The third-order valence-electron chi connectivity index (χ3n) is 2.42. The average molecular weight is 266 g/mol. The fourth-order valence-corrected chi connectivity index (χ4v) is 2.42. The van der Waals surface area contributed by atoms with Crippen LogP contribution in [0.2, 0.25) is 0 Å². The van der Waals surface area contributed by atoms with E-state index in [0.717, 1.165) is 16.1 Å². The summed E-state index contributed by atoms with van der Waals surface area (Å²) in [6.45, 7) is 9.83. The molecule has 0 fully saturated rings. The van der Waals surface area contributed by atoms with Gasteiger partial charge in [-0.3, -0.25) is 4.79 Å². The molecule has 1 aromatic rings.